The van der Waals surface area contributed by atoms with Crippen LogP contribution in [0.15, 0.2) is 12.2 Å². The lowest BCUT2D eigenvalue weighted by molar-refractivity contribution is -0.123. The molecule has 1 unspecified atom stereocenters. The summed E-state index contributed by atoms with van der Waals surface area (Å²) < 4.78 is 23.4. The molecule has 0 amide bonds. The zero-order valence-electron chi connectivity index (χ0n) is 10.3. The van der Waals surface area contributed by atoms with Gasteiger partial charge in [0.2, 0.25) is 0 Å². The Morgan fingerprint density at radius 3 is 2.53 bits per heavy atom. The highest BCUT2D eigenvalue weighted by Crippen LogP contribution is 2.60. The molecule has 1 saturated carbocycles. The summed E-state index contributed by atoms with van der Waals surface area (Å²) >= 11 is 0. The summed E-state index contributed by atoms with van der Waals surface area (Å²) in [5.41, 5.74) is -0.287. The molecule has 2 aliphatic rings. The Bertz CT molecular complexity index is 367. The highest BCUT2D eigenvalue weighted by Gasteiger charge is 2.48. The van der Waals surface area contributed by atoms with Gasteiger partial charge in [-0.2, -0.15) is 0 Å². The zero-order chi connectivity index (χ0) is 12.5. The number of hydrogen-bond acceptors (Lipinski definition) is 4. The summed E-state index contributed by atoms with van der Waals surface area (Å²) in [6.07, 6.45) is 5.04. The molecule has 17 heavy (non-hydrogen) atoms. The molecule has 0 aliphatic heterocycles. The quantitative estimate of drug-likeness (QED) is 0.562. The lowest BCUT2D eigenvalue weighted by Crippen LogP contribution is -2.31. The second-order valence-electron chi connectivity index (χ2n) is 4.50. The van der Waals surface area contributed by atoms with E-state index in [0.717, 1.165) is 6.42 Å². The Morgan fingerprint density at radius 2 is 1.94 bits per heavy atom. The van der Waals surface area contributed by atoms with Gasteiger partial charge < -0.3 is 9.05 Å². The van der Waals surface area contributed by atoms with Gasteiger partial charge in [-0.25, -0.2) is 0 Å². The predicted octanol–water partition coefficient (Wildman–Crippen LogP) is 2.79. The lowest BCUT2D eigenvalue weighted by Gasteiger charge is -2.33. The van der Waals surface area contributed by atoms with Crippen molar-refractivity contribution < 1.29 is 18.4 Å². The van der Waals surface area contributed by atoms with Gasteiger partial charge in [0, 0.05) is 12.3 Å². The van der Waals surface area contributed by atoms with Gasteiger partial charge >= 0.3 is 7.60 Å². The summed E-state index contributed by atoms with van der Waals surface area (Å²) in [5.74, 6) is 0.370. The fourth-order valence-electron chi connectivity index (χ4n) is 2.70. The van der Waals surface area contributed by atoms with Crippen LogP contribution in [0.3, 0.4) is 0 Å². The standard InChI is InChI=1S/C12H19O4P/c1-3-15-17(14,16-4-2)12-8-11(13)9-5-6-10(12)7-9/h5-6,9-10,12H,3-4,7-8H2,1-2H3/t9-,10+,12?/m1/s1. The second-order valence-corrected chi connectivity index (χ2v) is 6.76. The molecule has 0 N–H and O–H groups in total. The van der Waals surface area contributed by atoms with E-state index in [-0.39, 0.29) is 23.3 Å². The first-order chi connectivity index (χ1) is 8.10. The average Bonchev–Trinajstić information content (AvgIpc) is 2.69. The molecule has 2 rings (SSSR count). The maximum absolute atomic E-state index is 12.7. The molecule has 1 fully saturated rings. The average molecular weight is 258 g/mol. The second kappa shape index (κ2) is 5.05. The molecule has 2 bridgehead atoms. The number of carbonyl (C=O) groups is 1. The third-order valence-corrected chi connectivity index (χ3v) is 6.07. The number of allylic oxidation sites excluding steroid dienone is 2. The lowest BCUT2D eigenvalue weighted by atomic mass is 9.86. The monoisotopic (exact) mass is 258 g/mol. The van der Waals surface area contributed by atoms with Gasteiger partial charge in [-0.1, -0.05) is 12.2 Å². The van der Waals surface area contributed by atoms with Crippen LogP contribution in [-0.4, -0.2) is 24.7 Å². The van der Waals surface area contributed by atoms with Crippen LogP contribution in [0.5, 0.6) is 0 Å². The van der Waals surface area contributed by atoms with Gasteiger partial charge in [-0.05, 0) is 26.2 Å². The Labute approximate surface area is 102 Å². The molecule has 0 aromatic carbocycles. The Kier molecular flexibility index (Phi) is 3.86. The highest BCUT2D eigenvalue weighted by atomic mass is 31.2. The molecular weight excluding hydrogens is 239 g/mol. The topological polar surface area (TPSA) is 52.6 Å². The van der Waals surface area contributed by atoms with Gasteiger partial charge in [0.05, 0.1) is 18.9 Å². The smallest absolute Gasteiger partial charge is 0.309 e. The van der Waals surface area contributed by atoms with Gasteiger partial charge in [-0.3, -0.25) is 9.36 Å². The van der Waals surface area contributed by atoms with Crippen molar-refractivity contribution in [2.75, 3.05) is 13.2 Å². The van der Waals surface area contributed by atoms with E-state index in [1.165, 1.54) is 0 Å². The van der Waals surface area contributed by atoms with E-state index in [1.807, 2.05) is 12.2 Å². The first-order valence-electron chi connectivity index (χ1n) is 6.20. The number of hydrogen-bond donors (Lipinski definition) is 0. The fourth-order valence-corrected chi connectivity index (χ4v) is 4.97. The predicted molar refractivity (Wildman–Crippen MR) is 65.0 cm³/mol. The van der Waals surface area contributed by atoms with Crippen molar-refractivity contribution in [2.45, 2.75) is 32.3 Å². The van der Waals surface area contributed by atoms with Crippen LogP contribution >= 0.6 is 7.60 Å². The molecule has 2 aliphatic carbocycles. The minimum atomic E-state index is -3.15. The van der Waals surface area contributed by atoms with E-state index >= 15 is 0 Å². The summed E-state index contributed by atoms with van der Waals surface area (Å²) in [6, 6.07) is 0. The first kappa shape index (κ1) is 13.0. The van der Waals surface area contributed by atoms with Crippen LogP contribution in [0, 0.1) is 11.8 Å². The molecule has 0 radical (unpaired) electrons. The van der Waals surface area contributed by atoms with Crippen LogP contribution in [0.25, 0.3) is 0 Å². The number of rotatable bonds is 5. The molecule has 0 saturated heterocycles. The van der Waals surface area contributed by atoms with Crippen molar-refractivity contribution in [3.8, 4) is 0 Å². The molecule has 5 heteroatoms. The van der Waals surface area contributed by atoms with E-state index in [0.29, 0.717) is 19.6 Å². The van der Waals surface area contributed by atoms with E-state index in [9.17, 15) is 9.36 Å². The van der Waals surface area contributed by atoms with Crippen LogP contribution in [0.4, 0.5) is 0 Å². The molecule has 0 spiro atoms. The summed E-state index contributed by atoms with van der Waals surface area (Å²) in [7, 11) is -3.15. The Morgan fingerprint density at radius 1 is 1.29 bits per heavy atom. The molecule has 0 aromatic rings. The fraction of sp³-hybridized carbons (Fsp3) is 0.750. The van der Waals surface area contributed by atoms with Crippen molar-refractivity contribution in [1.29, 1.82) is 0 Å². The minimum Gasteiger partial charge on any atom is -0.309 e. The largest absolute Gasteiger partial charge is 0.334 e. The summed E-state index contributed by atoms with van der Waals surface area (Å²) in [4.78, 5) is 11.8. The molecule has 4 nitrogen and oxygen atoms in total. The van der Waals surface area contributed by atoms with Crippen molar-refractivity contribution in [3.63, 3.8) is 0 Å². The van der Waals surface area contributed by atoms with E-state index in [2.05, 4.69) is 0 Å². The van der Waals surface area contributed by atoms with Gasteiger partial charge in [0.1, 0.15) is 5.78 Å². The SMILES string of the molecule is CCOP(=O)(OCC)C1CC(=O)[C@@H]2C=C[C@H]1C2. The normalized spacial score (nSPS) is 32.1. The Balaban J connectivity index is 2.21. The highest BCUT2D eigenvalue weighted by molar-refractivity contribution is 7.54. The number of carbonyl (C=O) groups excluding carboxylic acids is 1. The van der Waals surface area contributed by atoms with Gasteiger partial charge in [0.15, 0.2) is 0 Å². The number of ketones is 1. The molecule has 0 aromatic heterocycles. The number of Topliss-reactive ketones (excluding diaryl/α,β-unsaturated/α-hetero) is 1. The maximum atomic E-state index is 12.7. The number of fused-ring (bicyclic) bond motifs is 2. The van der Waals surface area contributed by atoms with Crippen molar-refractivity contribution in [1.82, 2.24) is 0 Å². The van der Waals surface area contributed by atoms with Crippen molar-refractivity contribution in [2.24, 2.45) is 11.8 Å². The van der Waals surface area contributed by atoms with Gasteiger partial charge in [-0.15, -0.1) is 0 Å². The Hall–Kier alpha value is -0.440. The van der Waals surface area contributed by atoms with Crippen LogP contribution in [-0.2, 0) is 18.4 Å². The van der Waals surface area contributed by atoms with E-state index in [4.69, 9.17) is 9.05 Å². The van der Waals surface area contributed by atoms with Gasteiger partial charge in [0.25, 0.3) is 0 Å². The van der Waals surface area contributed by atoms with Crippen LogP contribution in [0.1, 0.15) is 26.7 Å². The zero-order valence-corrected chi connectivity index (χ0v) is 11.2. The molecule has 96 valence electrons. The van der Waals surface area contributed by atoms with Crippen molar-refractivity contribution >= 4 is 13.4 Å². The molecule has 0 heterocycles. The van der Waals surface area contributed by atoms with Crippen LogP contribution in [0.2, 0.25) is 0 Å². The molecular formula is C12H19O4P. The maximum Gasteiger partial charge on any atom is 0.334 e. The molecule has 3 atom stereocenters. The van der Waals surface area contributed by atoms with Crippen LogP contribution < -0.4 is 0 Å². The summed E-state index contributed by atoms with van der Waals surface area (Å²) in [6.45, 7) is 4.29. The van der Waals surface area contributed by atoms with Crippen molar-refractivity contribution in [3.05, 3.63) is 12.2 Å². The van der Waals surface area contributed by atoms with E-state index < -0.39 is 7.60 Å². The summed E-state index contributed by atoms with van der Waals surface area (Å²) in [5, 5.41) is 0. The third kappa shape index (κ3) is 2.40. The third-order valence-electron chi connectivity index (χ3n) is 3.46. The minimum absolute atomic E-state index is 0.0351. The first-order valence-corrected chi connectivity index (χ1v) is 7.81. The van der Waals surface area contributed by atoms with E-state index in [1.54, 1.807) is 13.8 Å².